The van der Waals surface area contributed by atoms with Gasteiger partial charge in [0, 0.05) is 7.05 Å². The lowest BCUT2D eigenvalue weighted by Crippen LogP contribution is -2.17. The van der Waals surface area contributed by atoms with E-state index in [4.69, 9.17) is 5.73 Å². The summed E-state index contributed by atoms with van der Waals surface area (Å²) in [5.41, 5.74) is 9.59. The van der Waals surface area contributed by atoms with Crippen LogP contribution in [0.15, 0.2) is 24.4 Å². The van der Waals surface area contributed by atoms with E-state index in [9.17, 15) is 4.79 Å². The normalized spacial score (nSPS) is 10.5. The Bertz CT molecular complexity index is 596. The number of hydrogen-bond acceptors (Lipinski definition) is 3. The highest BCUT2D eigenvalue weighted by Gasteiger charge is 2.10. The fraction of sp³-hybridized carbons (Fsp3) is 0.286. The van der Waals surface area contributed by atoms with Crippen LogP contribution in [0.2, 0.25) is 0 Å². The van der Waals surface area contributed by atoms with Gasteiger partial charge in [-0.25, -0.2) is 0 Å². The molecule has 0 spiro atoms. The molecule has 100 valence electrons. The predicted octanol–water partition coefficient (Wildman–Crippen LogP) is 1.80. The van der Waals surface area contributed by atoms with Crippen LogP contribution in [0, 0.1) is 13.8 Å². The molecule has 0 unspecified atom stereocenters. The monoisotopic (exact) mass is 258 g/mol. The van der Waals surface area contributed by atoms with E-state index in [0.29, 0.717) is 17.9 Å². The largest absolute Gasteiger partial charge is 0.394 e. The number of carbonyl (C=O) groups excluding carboxylic acids is 1. The van der Waals surface area contributed by atoms with Crippen LogP contribution in [-0.2, 0) is 18.3 Å². The molecule has 2 aromatic rings. The van der Waals surface area contributed by atoms with Gasteiger partial charge in [-0.3, -0.25) is 9.48 Å². The third-order valence-corrected chi connectivity index (χ3v) is 3.16. The summed E-state index contributed by atoms with van der Waals surface area (Å²) in [5.74, 6) is 0.437. The predicted molar refractivity (Wildman–Crippen MR) is 75.9 cm³/mol. The van der Waals surface area contributed by atoms with Crippen LogP contribution in [0.5, 0.6) is 0 Å². The van der Waals surface area contributed by atoms with E-state index in [1.807, 2.05) is 25.1 Å². The molecule has 0 aliphatic heterocycles. The van der Waals surface area contributed by atoms with Gasteiger partial charge in [0.1, 0.15) is 0 Å². The minimum atomic E-state index is -0.0986. The summed E-state index contributed by atoms with van der Waals surface area (Å²) >= 11 is 0. The van der Waals surface area contributed by atoms with Crippen molar-refractivity contribution in [2.45, 2.75) is 20.3 Å². The lowest BCUT2D eigenvalue weighted by atomic mass is 10.0. The van der Waals surface area contributed by atoms with E-state index in [-0.39, 0.29) is 5.91 Å². The molecule has 0 saturated carbocycles. The topological polar surface area (TPSA) is 72.9 Å². The number of hydrogen-bond donors (Lipinski definition) is 2. The van der Waals surface area contributed by atoms with Gasteiger partial charge in [0.15, 0.2) is 5.82 Å². The van der Waals surface area contributed by atoms with Gasteiger partial charge in [-0.05, 0) is 30.5 Å². The highest BCUT2D eigenvalue weighted by molar-refractivity contribution is 5.93. The van der Waals surface area contributed by atoms with Crippen molar-refractivity contribution in [3.8, 4) is 0 Å². The Labute approximate surface area is 112 Å². The van der Waals surface area contributed by atoms with Gasteiger partial charge in [-0.1, -0.05) is 18.2 Å². The molecule has 1 aromatic heterocycles. The maximum atomic E-state index is 12.0. The number of nitrogens with one attached hydrogen (secondary N) is 1. The zero-order valence-corrected chi connectivity index (χ0v) is 11.4. The second-order valence-corrected chi connectivity index (χ2v) is 4.72. The Morgan fingerprint density at radius 3 is 2.68 bits per heavy atom. The number of benzene rings is 1. The fourth-order valence-electron chi connectivity index (χ4n) is 1.88. The number of carbonyl (C=O) groups is 1. The van der Waals surface area contributed by atoms with Crippen molar-refractivity contribution in [2.24, 2.45) is 7.05 Å². The van der Waals surface area contributed by atoms with E-state index in [2.05, 4.69) is 17.3 Å². The highest BCUT2D eigenvalue weighted by Crippen LogP contribution is 2.16. The van der Waals surface area contributed by atoms with Crippen molar-refractivity contribution in [3.63, 3.8) is 0 Å². The summed E-state index contributed by atoms with van der Waals surface area (Å²) < 4.78 is 1.55. The van der Waals surface area contributed by atoms with Gasteiger partial charge in [0.2, 0.25) is 5.91 Å². The summed E-state index contributed by atoms with van der Waals surface area (Å²) in [5, 5.41) is 6.76. The van der Waals surface area contributed by atoms with Crippen molar-refractivity contribution >= 4 is 17.4 Å². The summed E-state index contributed by atoms with van der Waals surface area (Å²) in [7, 11) is 1.74. The van der Waals surface area contributed by atoms with Crippen LogP contribution >= 0.6 is 0 Å². The average Bonchev–Trinajstić information content (AvgIpc) is 2.66. The Kier molecular flexibility index (Phi) is 3.55. The summed E-state index contributed by atoms with van der Waals surface area (Å²) in [4.78, 5) is 12.0. The first-order chi connectivity index (χ1) is 8.97. The highest BCUT2D eigenvalue weighted by atomic mass is 16.1. The molecule has 0 aliphatic carbocycles. The maximum absolute atomic E-state index is 12.0. The Morgan fingerprint density at radius 2 is 2.11 bits per heavy atom. The van der Waals surface area contributed by atoms with Crippen molar-refractivity contribution < 1.29 is 4.79 Å². The second kappa shape index (κ2) is 5.14. The van der Waals surface area contributed by atoms with Crippen LogP contribution in [0.4, 0.5) is 11.5 Å². The smallest absolute Gasteiger partial charge is 0.229 e. The lowest BCUT2D eigenvalue weighted by Gasteiger charge is -2.08. The molecule has 5 nitrogen and oxygen atoms in total. The molecule has 1 amide bonds. The minimum absolute atomic E-state index is 0.0986. The Morgan fingerprint density at radius 1 is 1.37 bits per heavy atom. The zero-order valence-electron chi connectivity index (χ0n) is 11.4. The molecule has 0 atom stereocenters. The van der Waals surface area contributed by atoms with Crippen LogP contribution < -0.4 is 11.1 Å². The third kappa shape index (κ3) is 2.93. The number of nitrogens with two attached hydrogens (primary N) is 1. The molecule has 19 heavy (non-hydrogen) atoms. The molecule has 0 radical (unpaired) electrons. The fourth-order valence-corrected chi connectivity index (χ4v) is 1.88. The average molecular weight is 258 g/mol. The number of rotatable bonds is 3. The molecular weight excluding hydrogens is 240 g/mol. The van der Waals surface area contributed by atoms with Crippen molar-refractivity contribution in [1.82, 2.24) is 9.78 Å². The van der Waals surface area contributed by atoms with Gasteiger partial charge in [0.25, 0.3) is 0 Å². The number of nitrogens with zero attached hydrogens (tertiary/aromatic N) is 2. The molecule has 0 fully saturated rings. The Hall–Kier alpha value is -2.30. The second-order valence-electron chi connectivity index (χ2n) is 4.72. The molecule has 1 aromatic carbocycles. The van der Waals surface area contributed by atoms with Gasteiger partial charge < -0.3 is 11.1 Å². The van der Waals surface area contributed by atoms with E-state index in [1.165, 1.54) is 17.3 Å². The number of anilines is 2. The van der Waals surface area contributed by atoms with Crippen molar-refractivity contribution in [3.05, 3.63) is 41.1 Å². The van der Waals surface area contributed by atoms with Gasteiger partial charge >= 0.3 is 0 Å². The standard InChI is InChI=1S/C14H18N4O/c1-9-4-5-11(6-10(9)2)7-13(19)17-14-12(15)8-16-18(14)3/h4-6,8H,7,15H2,1-3H3,(H,17,19). The molecule has 0 saturated heterocycles. The Balaban J connectivity index is 2.07. The maximum Gasteiger partial charge on any atom is 0.229 e. The molecule has 0 aliphatic rings. The molecule has 0 bridgehead atoms. The number of nitrogen functional groups attached to an aromatic ring is 1. The van der Waals surface area contributed by atoms with Crippen LogP contribution in [0.1, 0.15) is 16.7 Å². The van der Waals surface area contributed by atoms with E-state index in [1.54, 1.807) is 11.7 Å². The van der Waals surface area contributed by atoms with E-state index in [0.717, 1.165) is 5.56 Å². The van der Waals surface area contributed by atoms with Gasteiger partial charge in [0.05, 0.1) is 18.3 Å². The third-order valence-electron chi connectivity index (χ3n) is 3.16. The van der Waals surface area contributed by atoms with Crippen molar-refractivity contribution in [2.75, 3.05) is 11.1 Å². The minimum Gasteiger partial charge on any atom is -0.394 e. The van der Waals surface area contributed by atoms with E-state index < -0.39 is 0 Å². The van der Waals surface area contributed by atoms with Crippen LogP contribution in [0.3, 0.4) is 0 Å². The number of amides is 1. The lowest BCUT2D eigenvalue weighted by molar-refractivity contribution is -0.115. The molecular formula is C14H18N4O. The number of aryl methyl sites for hydroxylation is 3. The molecule has 3 N–H and O–H groups in total. The first-order valence-electron chi connectivity index (χ1n) is 6.11. The van der Waals surface area contributed by atoms with Crippen molar-refractivity contribution in [1.29, 1.82) is 0 Å². The molecule has 5 heteroatoms. The SMILES string of the molecule is Cc1ccc(CC(=O)Nc2c(N)cnn2C)cc1C. The van der Waals surface area contributed by atoms with Crippen LogP contribution in [-0.4, -0.2) is 15.7 Å². The zero-order chi connectivity index (χ0) is 14.0. The summed E-state index contributed by atoms with van der Waals surface area (Å²) in [6.07, 6.45) is 1.84. The number of aromatic nitrogens is 2. The molecule has 1 heterocycles. The van der Waals surface area contributed by atoms with E-state index >= 15 is 0 Å². The first kappa shape index (κ1) is 13.1. The molecule has 2 rings (SSSR count). The van der Waals surface area contributed by atoms with Gasteiger partial charge in [-0.2, -0.15) is 5.10 Å². The first-order valence-corrected chi connectivity index (χ1v) is 6.11. The van der Waals surface area contributed by atoms with Crippen LogP contribution in [0.25, 0.3) is 0 Å². The van der Waals surface area contributed by atoms with Gasteiger partial charge in [-0.15, -0.1) is 0 Å². The summed E-state index contributed by atoms with van der Waals surface area (Å²) in [6, 6.07) is 6.02. The quantitative estimate of drug-likeness (QED) is 0.881. The summed E-state index contributed by atoms with van der Waals surface area (Å²) in [6.45, 7) is 4.09.